The number of benzene rings is 1. The van der Waals surface area contributed by atoms with Crippen molar-refractivity contribution in [2.45, 2.75) is 99.1 Å². The number of aliphatic hydroxyl groups is 1. The maximum absolute atomic E-state index is 10.3. The van der Waals surface area contributed by atoms with Crippen molar-refractivity contribution in [3.63, 3.8) is 0 Å². The molecule has 0 aromatic heterocycles. The highest BCUT2D eigenvalue weighted by Gasteiger charge is 2.27. The van der Waals surface area contributed by atoms with Crippen LogP contribution >= 0.6 is 0 Å². The number of β-amino-alcohol motifs (C(OH)–C–C–N with tert-alkyl or cyclic N) is 1. The molecule has 1 unspecified atom stereocenters. The molecule has 0 spiro atoms. The molecule has 0 heterocycles. The summed E-state index contributed by atoms with van der Waals surface area (Å²) in [7, 11) is 0. The second kappa shape index (κ2) is 9.17. The van der Waals surface area contributed by atoms with Crippen LogP contribution in [-0.2, 0) is 5.41 Å². The summed E-state index contributed by atoms with van der Waals surface area (Å²) in [4.78, 5) is 0. The van der Waals surface area contributed by atoms with Crippen LogP contribution in [0.25, 0.3) is 0 Å². The Balaban J connectivity index is 2.53. The summed E-state index contributed by atoms with van der Waals surface area (Å²) in [5.41, 5.74) is 1.97. The third-order valence-electron chi connectivity index (χ3n) is 4.84. The van der Waals surface area contributed by atoms with Gasteiger partial charge in [0, 0.05) is 12.1 Å². The zero-order valence-electron chi connectivity index (χ0n) is 20.1. The smallest absolute Gasteiger partial charge is 0.119 e. The molecule has 0 saturated carbocycles. The third-order valence-corrected chi connectivity index (χ3v) is 4.84. The van der Waals surface area contributed by atoms with Gasteiger partial charge in [-0.3, -0.25) is 0 Å². The van der Waals surface area contributed by atoms with Gasteiger partial charge in [-0.25, -0.2) is 0 Å². The number of nitrogens with one attached hydrogen (secondary N) is 1. The second-order valence-electron chi connectivity index (χ2n) is 12.1. The fourth-order valence-electron chi connectivity index (χ4n) is 4.46. The van der Waals surface area contributed by atoms with Gasteiger partial charge in [-0.05, 0) is 60.6 Å². The Morgan fingerprint density at radius 3 is 1.79 bits per heavy atom. The van der Waals surface area contributed by atoms with Crippen LogP contribution in [0, 0.1) is 10.8 Å². The van der Waals surface area contributed by atoms with Gasteiger partial charge < -0.3 is 15.2 Å². The van der Waals surface area contributed by atoms with Gasteiger partial charge in [0.15, 0.2) is 0 Å². The maximum Gasteiger partial charge on any atom is 0.119 e. The van der Waals surface area contributed by atoms with E-state index in [1.807, 2.05) is 12.1 Å². The van der Waals surface area contributed by atoms with Crippen LogP contribution in [0.1, 0.15) is 87.6 Å². The predicted molar refractivity (Wildman–Crippen MR) is 121 cm³/mol. The first-order chi connectivity index (χ1) is 12.5. The highest BCUT2D eigenvalue weighted by atomic mass is 16.5. The minimum atomic E-state index is -0.531. The lowest BCUT2D eigenvalue weighted by Crippen LogP contribution is -2.46. The van der Waals surface area contributed by atoms with E-state index in [0.717, 1.165) is 18.6 Å². The molecule has 3 nitrogen and oxygen atoms in total. The van der Waals surface area contributed by atoms with Crippen LogP contribution in [-0.4, -0.2) is 29.9 Å². The summed E-state index contributed by atoms with van der Waals surface area (Å²) < 4.78 is 5.81. The molecule has 0 aliphatic heterocycles. The van der Waals surface area contributed by atoms with Gasteiger partial charge >= 0.3 is 0 Å². The number of hydrogen-bond donors (Lipinski definition) is 2. The predicted octanol–water partition coefficient (Wildman–Crippen LogP) is 5.94. The van der Waals surface area contributed by atoms with E-state index >= 15 is 0 Å². The zero-order chi connectivity index (χ0) is 21.8. The van der Waals surface area contributed by atoms with Crippen molar-refractivity contribution >= 4 is 0 Å². The van der Waals surface area contributed by atoms with E-state index in [-0.39, 0.29) is 21.8 Å². The molecular weight excluding hydrogens is 346 g/mol. The largest absolute Gasteiger partial charge is 0.491 e. The first-order valence-electron chi connectivity index (χ1n) is 10.7. The van der Waals surface area contributed by atoms with Crippen molar-refractivity contribution in [3.8, 4) is 5.75 Å². The lowest BCUT2D eigenvalue weighted by Gasteiger charge is -2.34. The molecule has 1 aromatic carbocycles. The van der Waals surface area contributed by atoms with Crippen LogP contribution < -0.4 is 10.1 Å². The van der Waals surface area contributed by atoms with E-state index < -0.39 is 6.10 Å². The fourth-order valence-corrected chi connectivity index (χ4v) is 4.46. The molecule has 0 saturated heterocycles. The second-order valence-corrected chi connectivity index (χ2v) is 12.1. The van der Waals surface area contributed by atoms with Crippen LogP contribution in [0.4, 0.5) is 0 Å². The molecule has 0 amide bonds. The summed E-state index contributed by atoms with van der Waals surface area (Å²) >= 11 is 0. The average Bonchev–Trinajstić information content (AvgIpc) is 2.47. The van der Waals surface area contributed by atoms with Crippen molar-refractivity contribution in [1.82, 2.24) is 5.32 Å². The third kappa shape index (κ3) is 9.93. The van der Waals surface area contributed by atoms with Gasteiger partial charge in [0.1, 0.15) is 18.5 Å². The molecule has 162 valence electrons. The molecule has 1 rings (SSSR count). The van der Waals surface area contributed by atoms with E-state index in [9.17, 15) is 5.11 Å². The Hall–Kier alpha value is -1.06. The van der Waals surface area contributed by atoms with E-state index in [1.165, 1.54) is 5.56 Å². The van der Waals surface area contributed by atoms with Crippen molar-refractivity contribution in [2.24, 2.45) is 10.8 Å². The zero-order valence-corrected chi connectivity index (χ0v) is 20.1. The summed E-state index contributed by atoms with van der Waals surface area (Å²) in [6.45, 7) is 23.3. The van der Waals surface area contributed by atoms with Crippen LogP contribution in [0.2, 0.25) is 0 Å². The summed E-state index contributed by atoms with van der Waals surface area (Å²) in [6, 6.07) is 8.34. The topological polar surface area (TPSA) is 41.5 Å². The van der Waals surface area contributed by atoms with Crippen molar-refractivity contribution in [1.29, 1.82) is 0 Å². The maximum atomic E-state index is 10.3. The molecule has 3 heteroatoms. The van der Waals surface area contributed by atoms with Gasteiger partial charge in [0.25, 0.3) is 0 Å². The number of aliphatic hydroxyl groups excluding tert-OH is 1. The van der Waals surface area contributed by atoms with E-state index in [4.69, 9.17) is 4.74 Å². The minimum Gasteiger partial charge on any atom is -0.491 e. The highest BCUT2D eigenvalue weighted by Crippen LogP contribution is 2.36. The van der Waals surface area contributed by atoms with Crippen LogP contribution in [0.5, 0.6) is 5.75 Å². The highest BCUT2D eigenvalue weighted by molar-refractivity contribution is 5.31. The molecule has 0 radical (unpaired) electrons. The minimum absolute atomic E-state index is 0.0144. The molecule has 28 heavy (non-hydrogen) atoms. The SMILES string of the molecule is CC(C)(C)CC(C)(C)NCC(O)COc1ccc(C(C)(C)CC(C)(C)C)cc1. The number of rotatable bonds is 9. The molecule has 0 aliphatic carbocycles. The van der Waals surface area contributed by atoms with Crippen LogP contribution in [0.3, 0.4) is 0 Å². The Labute approximate surface area is 174 Å². The monoisotopic (exact) mass is 391 g/mol. The van der Waals surface area contributed by atoms with Crippen molar-refractivity contribution in [3.05, 3.63) is 29.8 Å². The molecule has 2 N–H and O–H groups in total. The normalized spacial score (nSPS) is 14.8. The first kappa shape index (κ1) is 25.0. The molecular formula is C25H45NO2. The molecule has 0 fully saturated rings. The molecule has 0 aliphatic rings. The van der Waals surface area contributed by atoms with Crippen molar-refractivity contribution < 1.29 is 9.84 Å². The summed E-state index contributed by atoms with van der Waals surface area (Å²) in [5.74, 6) is 0.809. The molecule has 1 aromatic rings. The lowest BCUT2D eigenvalue weighted by atomic mass is 9.72. The van der Waals surface area contributed by atoms with E-state index in [1.54, 1.807) is 0 Å². The average molecular weight is 392 g/mol. The van der Waals surface area contributed by atoms with Gasteiger partial charge in [0.05, 0.1) is 0 Å². The fraction of sp³-hybridized carbons (Fsp3) is 0.760. The summed E-state index contributed by atoms with van der Waals surface area (Å²) in [6.07, 6.45) is 1.63. The Morgan fingerprint density at radius 1 is 0.821 bits per heavy atom. The van der Waals surface area contributed by atoms with E-state index in [0.29, 0.717) is 13.2 Å². The summed E-state index contributed by atoms with van der Waals surface area (Å²) in [5, 5.41) is 13.8. The molecule has 1 atom stereocenters. The Kier molecular flexibility index (Phi) is 8.18. The van der Waals surface area contributed by atoms with Crippen molar-refractivity contribution in [2.75, 3.05) is 13.2 Å². The standard InChI is InChI=1S/C25H45NO2/c1-22(2,3)17-24(7,8)19-11-13-21(14-12-19)28-16-20(27)15-26-25(9,10)18-23(4,5)6/h11-14,20,26-27H,15-18H2,1-10H3. The number of hydrogen-bond acceptors (Lipinski definition) is 3. The van der Waals surface area contributed by atoms with Gasteiger partial charge in [-0.1, -0.05) is 67.5 Å². The van der Waals surface area contributed by atoms with Gasteiger partial charge in [-0.2, -0.15) is 0 Å². The quantitative estimate of drug-likeness (QED) is 0.547. The Bertz CT molecular complexity index is 588. The molecule has 0 bridgehead atoms. The van der Waals surface area contributed by atoms with Gasteiger partial charge in [0.2, 0.25) is 0 Å². The van der Waals surface area contributed by atoms with Crippen LogP contribution in [0.15, 0.2) is 24.3 Å². The lowest BCUT2D eigenvalue weighted by molar-refractivity contribution is 0.0944. The first-order valence-corrected chi connectivity index (χ1v) is 10.7. The Morgan fingerprint density at radius 2 is 1.32 bits per heavy atom. The van der Waals surface area contributed by atoms with Gasteiger partial charge in [-0.15, -0.1) is 0 Å². The van der Waals surface area contributed by atoms with E-state index in [2.05, 4.69) is 86.7 Å². The number of ether oxygens (including phenoxy) is 1.